The first-order valence-electron chi connectivity index (χ1n) is 9.10. The normalized spacial score (nSPS) is 16.8. The lowest BCUT2D eigenvalue weighted by molar-refractivity contribution is -0.126. The number of piperidine rings is 1. The molecule has 1 aliphatic rings. The van der Waals surface area contributed by atoms with Gasteiger partial charge in [-0.05, 0) is 55.2 Å². The van der Waals surface area contributed by atoms with Crippen molar-refractivity contribution in [2.45, 2.75) is 19.3 Å². The summed E-state index contributed by atoms with van der Waals surface area (Å²) in [5.74, 6) is -1.27. The molecule has 27 heavy (non-hydrogen) atoms. The summed E-state index contributed by atoms with van der Waals surface area (Å²) in [5, 5.41) is 2.84. The Balaban J connectivity index is 1.52. The molecule has 2 aromatic carbocycles. The summed E-state index contributed by atoms with van der Waals surface area (Å²) in [6.07, 6.45) is 1.86. The number of carbonyl (C=O) groups is 2. The fourth-order valence-corrected chi connectivity index (χ4v) is 3.32. The number of hydrogen-bond donors (Lipinski definition) is 1. The van der Waals surface area contributed by atoms with E-state index in [1.54, 1.807) is 23.1 Å². The Morgan fingerprint density at radius 2 is 1.81 bits per heavy atom. The summed E-state index contributed by atoms with van der Waals surface area (Å²) in [6, 6.07) is 11.9. The molecule has 0 saturated carbocycles. The highest BCUT2D eigenvalue weighted by Gasteiger charge is 2.28. The molecular formula is C21H22F2N2O2. The van der Waals surface area contributed by atoms with Crippen molar-refractivity contribution in [2.75, 3.05) is 19.6 Å². The Hall–Kier alpha value is -2.76. The maximum absolute atomic E-state index is 13.6. The third-order valence-electron chi connectivity index (χ3n) is 4.82. The summed E-state index contributed by atoms with van der Waals surface area (Å²) >= 11 is 0. The second-order valence-corrected chi connectivity index (χ2v) is 6.73. The topological polar surface area (TPSA) is 49.4 Å². The molecule has 0 radical (unpaired) electrons. The van der Waals surface area contributed by atoms with Crippen molar-refractivity contribution in [1.82, 2.24) is 10.2 Å². The van der Waals surface area contributed by atoms with E-state index in [0.717, 1.165) is 6.42 Å². The van der Waals surface area contributed by atoms with Gasteiger partial charge in [0.1, 0.15) is 11.6 Å². The second kappa shape index (κ2) is 8.75. The van der Waals surface area contributed by atoms with Gasteiger partial charge in [-0.1, -0.05) is 18.2 Å². The largest absolute Gasteiger partial charge is 0.355 e. The van der Waals surface area contributed by atoms with Gasteiger partial charge in [0.25, 0.3) is 5.91 Å². The summed E-state index contributed by atoms with van der Waals surface area (Å²) in [6.45, 7) is 1.26. The van der Waals surface area contributed by atoms with E-state index in [0.29, 0.717) is 43.6 Å². The fourth-order valence-electron chi connectivity index (χ4n) is 3.32. The van der Waals surface area contributed by atoms with E-state index in [1.165, 1.54) is 30.3 Å². The molecule has 6 heteroatoms. The van der Waals surface area contributed by atoms with Crippen LogP contribution in [-0.2, 0) is 11.2 Å². The number of hydrogen-bond acceptors (Lipinski definition) is 2. The standard InChI is InChI=1S/C21H22F2N2O2/c22-18-9-7-16(8-10-18)21(27)25-13-3-5-17(14-25)20(26)24-12-11-15-4-1-2-6-19(15)23/h1-2,4,6-10,17H,3,5,11-14H2,(H,24,26). The Kier molecular flexibility index (Phi) is 6.16. The maximum Gasteiger partial charge on any atom is 0.253 e. The van der Waals surface area contributed by atoms with Crippen molar-refractivity contribution in [1.29, 1.82) is 0 Å². The molecule has 0 aliphatic carbocycles. The molecule has 3 rings (SSSR count). The van der Waals surface area contributed by atoms with E-state index in [1.807, 2.05) is 0 Å². The van der Waals surface area contributed by atoms with Gasteiger partial charge >= 0.3 is 0 Å². The van der Waals surface area contributed by atoms with Crippen LogP contribution in [0.25, 0.3) is 0 Å². The van der Waals surface area contributed by atoms with Crippen molar-refractivity contribution < 1.29 is 18.4 Å². The molecule has 2 aromatic rings. The Morgan fingerprint density at radius 1 is 1.07 bits per heavy atom. The van der Waals surface area contributed by atoms with Crippen LogP contribution in [0, 0.1) is 17.6 Å². The highest BCUT2D eigenvalue weighted by molar-refractivity contribution is 5.94. The van der Waals surface area contributed by atoms with Crippen molar-refractivity contribution in [3.8, 4) is 0 Å². The number of benzene rings is 2. The molecule has 0 aromatic heterocycles. The summed E-state index contributed by atoms with van der Waals surface area (Å²) < 4.78 is 26.6. The maximum atomic E-state index is 13.6. The minimum absolute atomic E-state index is 0.122. The van der Waals surface area contributed by atoms with Gasteiger partial charge in [0.15, 0.2) is 0 Å². The second-order valence-electron chi connectivity index (χ2n) is 6.73. The molecule has 1 aliphatic heterocycles. The highest BCUT2D eigenvalue weighted by atomic mass is 19.1. The van der Waals surface area contributed by atoms with E-state index in [2.05, 4.69) is 5.32 Å². The van der Waals surface area contributed by atoms with Crippen LogP contribution in [0.2, 0.25) is 0 Å². The first-order chi connectivity index (χ1) is 13.0. The van der Waals surface area contributed by atoms with Gasteiger partial charge in [-0.15, -0.1) is 0 Å². The first-order valence-corrected chi connectivity index (χ1v) is 9.10. The van der Waals surface area contributed by atoms with E-state index < -0.39 is 5.82 Å². The number of nitrogens with one attached hydrogen (secondary N) is 1. The summed E-state index contributed by atoms with van der Waals surface area (Å²) in [5.41, 5.74) is 0.978. The molecule has 0 spiro atoms. The van der Waals surface area contributed by atoms with Crippen LogP contribution in [0.4, 0.5) is 8.78 Å². The monoisotopic (exact) mass is 372 g/mol. The predicted molar refractivity (Wildman–Crippen MR) is 98.1 cm³/mol. The van der Waals surface area contributed by atoms with Gasteiger partial charge in [-0.2, -0.15) is 0 Å². The molecule has 1 unspecified atom stereocenters. The van der Waals surface area contributed by atoms with Gasteiger partial charge < -0.3 is 10.2 Å². The lowest BCUT2D eigenvalue weighted by atomic mass is 9.96. The molecule has 1 N–H and O–H groups in total. The number of rotatable bonds is 5. The van der Waals surface area contributed by atoms with E-state index in [9.17, 15) is 18.4 Å². The molecular weight excluding hydrogens is 350 g/mol. The van der Waals surface area contributed by atoms with Gasteiger partial charge in [-0.25, -0.2) is 8.78 Å². The lowest BCUT2D eigenvalue weighted by Crippen LogP contribution is -2.45. The number of likely N-dealkylation sites (tertiary alicyclic amines) is 1. The SMILES string of the molecule is O=C(NCCc1ccccc1F)C1CCCN(C(=O)c2ccc(F)cc2)C1. The number of nitrogens with zero attached hydrogens (tertiary/aromatic N) is 1. The van der Waals surface area contributed by atoms with Crippen molar-refractivity contribution in [3.63, 3.8) is 0 Å². The number of amides is 2. The smallest absolute Gasteiger partial charge is 0.253 e. The van der Waals surface area contributed by atoms with Crippen LogP contribution in [0.15, 0.2) is 48.5 Å². The Bertz CT molecular complexity index is 808. The van der Waals surface area contributed by atoms with Crippen molar-refractivity contribution >= 4 is 11.8 Å². The summed E-state index contributed by atoms with van der Waals surface area (Å²) in [7, 11) is 0. The van der Waals surface area contributed by atoms with Crippen LogP contribution in [0.1, 0.15) is 28.8 Å². The minimum Gasteiger partial charge on any atom is -0.355 e. The predicted octanol–water partition coefficient (Wildman–Crippen LogP) is 3.18. The molecule has 4 nitrogen and oxygen atoms in total. The van der Waals surface area contributed by atoms with E-state index in [-0.39, 0.29) is 23.5 Å². The average Bonchev–Trinajstić information content (AvgIpc) is 2.69. The Morgan fingerprint density at radius 3 is 2.56 bits per heavy atom. The fraction of sp³-hybridized carbons (Fsp3) is 0.333. The number of halogens is 2. The average molecular weight is 372 g/mol. The zero-order chi connectivity index (χ0) is 19.2. The zero-order valence-electron chi connectivity index (χ0n) is 15.0. The molecule has 1 saturated heterocycles. The third-order valence-corrected chi connectivity index (χ3v) is 4.82. The molecule has 2 amide bonds. The molecule has 0 bridgehead atoms. The number of carbonyl (C=O) groups excluding carboxylic acids is 2. The van der Waals surface area contributed by atoms with Crippen LogP contribution in [-0.4, -0.2) is 36.3 Å². The quantitative estimate of drug-likeness (QED) is 0.876. The van der Waals surface area contributed by atoms with Crippen molar-refractivity contribution in [3.05, 3.63) is 71.3 Å². The van der Waals surface area contributed by atoms with Gasteiger partial charge in [0.05, 0.1) is 5.92 Å². The minimum atomic E-state index is -0.391. The van der Waals surface area contributed by atoms with E-state index in [4.69, 9.17) is 0 Å². The molecule has 1 atom stereocenters. The van der Waals surface area contributed by atoms with Crippen LogP contribution in [0.5, 0.6) is 0 Å². The zero-order valence-corrected chi connectivity index (χ0v) is 15.0. The van der Waals surface area contributed by atoms with Gasteiger partial charge in [0.2, 0.25) is 5.91 Å². The van der Waals surface area contributed by atoms with Crippen LogP contribution < -0.4 is 5.32 Å². The first kappa shape index (κ1) is 19.0. The molecule has 1 heterocycles. The summed E-state index contributed by atoms with van der Waals surface area (Å²) in [4.78, 5) is 26.6. The van der Waals surface area contributed by atoms with Crippen LogP contribution in [0.3, 0.4) is 0 Å². The Labute approximate surface area is 157 Å². The molecule has 1 fully saturated rings. The highest BCUT2D eigenvalue weighted by Crippen LogP contribution is 2.19. The van der Waals surface area contributed by atoms with Crippen LogP contribution >= 0.6 is 0 Å². The lowest BCUT2D eigenvalue weighted by Gasteiger charge is -2.32. The van der Waals surface area contributed by atoms with Crippen molar-refractivity contribution in [2.24, 2.45) is 5.92 Å². The van der Waals surface area contributed by atoms with Gasteiger partial charge in [-0.3, -0.25) is 9.59 Å². The van der Waals surface area contributed by atoms with Gasteiger partial charge in [0, 0.05) is 25.2 Å². The molecule has 142 valence electrons. The van der Waals surface area contributed by atoms with E-state index >= 15 is 0 Å². The third kappa shape index (κ3) is 4.90.